The number of carboxylic acids is 1. The van der Waals surface area contributed by atoms with E-state index in [0.717, 1.165) is 21.6 Å². The largest absolute Gasteiger partial charge is 0.481 e. The summed E-state index contributed by atoms with van der Waals surface area (Å²) >= 11 is 0. The van der Waals surface area contributed by atoms with Crippen LogP contribution in [-0.4, -0.2) is 56.8 Å². The highest BCUT2D eigenvalue weighted by Crippen LogP contribution is 2.32. The van der Waals surface area contributed by atoms with Crippen LogP contribution in [0.5, 0.6) is 0 Å². The lowest BCUT2D eigenvalue weighted by molar-refractivity contribution is -0.140. The standard InChI is InChI=1S/C29H35N3O5/c1-20(2)18-24(26(35)30-17-16-25(33)34)32-27(36)29(3,4)31(28(32)37)19-23-14-12-22(13-15-23)11-10-21-8-6-5-7-9-21/h5-15,20,24H,16-19H2,1-4H3,(H,30,35)(H,33,34)/t24-/m0/s1. The molecule has 1 heterocycles. The molecule has 4 amide bonds. The first-order valence-electron chi connectivity index (χ1n) is 12.5. The molecule has 0 aliphatic carbocycles. The maximum absolute atomic E-state index is 13.5. The zero-order valence-corrected chi connectivity index (χ0v) is 21.8. The lowest BCUT2D eigenvalue weighted by Crippen LogP contribution is -2.51. The molecule has 1 saturated heterocycles. The maximum atomic E-state index is 13.5. The van der Waals surface area contributed by atoms with Crippen molar-refractivity contribution in [1.29, 1.82) is 0 Å². The number of carbonyl (C=O) groups excluding carboxylic acids is 3. The Morgan fingerprint density at radius 1 is 0.973 bits per heavy atom. The minimum atomic E-state index is -1.14. The van der Waals surface area contributed by atoms with E-state index in [1.54, 1.807) is 13.8 Å². The molecule has 2 aromatic rings. The fourth-order valence-corrected chi connectivity index (χ4v) is 4.27. The zero-order valence-electron chi connectivity index (χ0n) is 21.8. The Morgan fingerprint density at radius 3 is 2.14 bits per heavy atom. The van der Waals surface area contributed by atoms with Crippen LogP contribution < -0.4 is 5.32 Å². The Bertz CT molecular complexity index is 1160. The molecule has 1 fully saturated rings. The van der Waals surface area contributed by atoms with E-state index in [-0.39, 0.29) is 31.8 Å². The number of nitrogens with zero attached hydrogens (tertiary/aromatic N) is 2. The highest BCUT2D eigenvalue weighted by molar-refractivity contribution is 6.09. The van der Waals surface area contributed by atoms with Crippen molar-refractivity contribution in [2.75, 3.05) is 6.54 Å². The summed E-state index contributed by atoms with van der Waals surface area (Å²) in [6.07, 6.45) is 4.07. The van der Waals surface area contributed by atoms with Crippen LogP contribution in [0.15, 0.2) is 54.6 Å². The molecule has 8 heteroatoms. The van der Waals surface area contributed by atoms with Crippen molar-refractivity contribution in [3.05, 3.63) is 71.3 Å². The first-order chi connectivity index (χ1) is 17.5. The number of aliphatic carboxylic acids is 1. The molecular formula is C29H35N3O5. The second-order valence-electron chi connectivity index (χ2n) is 10.2. The molecule has 0 radical (unpaired) electrons. The van der Waals surface area contributed by atoms with Crippen LogP contribution in [0.1, 0.15) is 57.2 Å². The van der Waals surface area contributed by atoms with E-state index >= 15 is 0 Å². The molecule has 37 heavy (non-hydrogen) atoms. The first kappa shape index (κ1) is 27.6. The Balaban J connectivity index is 1.76. The van der Waals surface area contributed by atoms with Gasteiger partial charge in [-0.1, -0.05) is 80.6 Å². The molecule has 3 rings (SSSR count). The van der Waals surface area contributed by atoms with Gasteiger partial charge in [-0.2, -0.15) is 0 Å². The monoisotopic (exact) mass is 505 g/mol. The number of amides is 4. The van der Waals surface area contributed by atoms with Crippen LogP contribution in [0.25, 0.3) is 12.2 Å². The molecule has 0 saturated carbocycles. The summed E-state index contributed by atoms with van der Waals surface area (Å²) in [6.45, 7) is 7.30. The van der Waals surface area contributed by atoms with Gasteiger partial charge in [-0.05, 0) is 42.9 Å². The van der Waals surface area contributed by atoms with Gasteiger partial charge in [0.2, 0.25) is 5.91 Å². The first-order valence-corrected chi connectivity index (χ1v) is 12.5. The van der Waals surface area contributed by atoms with Crippen molar-refractivity contribution in [1.82, 2.24) is 15.1 Å². The SMILES string of the molecule is CC(C)C[C@@H](C(=O)NCCC(=O)O)N1C(=O)N(Cc2ccc(C=Cc3ccccc3)cc2)C(C)(C)C1=O. The van der Waals surface area contributed by atoms with Crippen LogP contribution in [-0.2, 0) is 20.9 Å². The summed E-state index contributed by atoms with van der Waals surface area (Å²) in [5.74, 6) is -1.98. The van der Waals surface area contributed by atoms with Crippen LogP contribution in [0.4, 0.5) is 4.79 Å². The summed E-state index contributed by atoms with van der Waals surface area (Å²) in [5.41, 5.74) is 1.82. The van der Waals surface area contributed by atoms with E-state index in [2.05, 4.69) is 5.32 Å². The van der Waals surface area contributed by atoms with Crippen molar-refractivity contribution < 1.29 is 24.3 Å². The Morgan fingerprint density at radius 2 is 1.57 bits per heavy atom. The van der Waals surface area contributed by atoms with Gasteiger partial charge in [-0.25, -0.2) is 9.69 Å². The van der Waals surface area contributed by atoms with Crippen molar-refractivity contribution in [2.24, 2.45) is 5.92 Å². The van der Waals surface area contributed by atoms with Crippen LogP contribution in [0.2, 0.25) is 0 Å². The second kappa shape index (κ2) is 11.9. The molecular weight excluding hydrogens is 470 g/mol. The Kier molecular flexibility index (Phi) is 8.86. The van der Waals surface area contributed by atoms with Crippen molar-refractivity contribution in [2.45, 2.75) is 58.7 Å². The van der Waals surface area contributed by atoms with E-state index in [1.165, 1.54) is 4.90 Å². The maximum Gasteiger partial charge on any atom is 0.328 e. The lowest BCUT2D eigenvalue weighted by Gasteiger charge is -2.27. The smallest absolute Gasteiger partial charge is 0.328 e. The highest BCUT2D eigenvalue weighted by atomic mass is 16.4. The number of benzene rings is 2. The normalized spacial score (nSPS) is 16.0. The molecule has 196 valence electrons. The third kappa shape index (κ3) is 6.84. The lowest BCUT2D eigenvalue weighted by atomic mass is 9.99. The van der Waals surface area contributed by atoms with E-state index in [4.69, 9.17) is 5.11 Å². The van der Waals surface area contributed by atoms with Gasteiger partial charge in [0, 0.05) is 13.1 Å². The van der Waals surface area contributed by atoms with E-state index in [1.807, 2.05) is 80.6 Å². The third-order valence-corrected chi connectivity index (χ3v) is 6.39. The molecule has 1 aliphatic rings. The van der Waals surface area contributed by atoms with E-state index in [0.29, 0.717) is 0 Å². The summed E-state index contributed by atoms with van der Waals surface area (Å²) in [7, 11) is 0. The van der Waals surface area contributed by atoms with Gasteiger partial charge in [-0.15, -0.1) is 0 Å². The van der Waals surface area contributed by atoms with E-state index < -0.39 is 35.4 Å². The number of hydrogen-bond donors (Lipinski definition) is 2. The summed E-state index contributed by atoms with van der Waals surface area (Å²) in [6, 6.07) is 16.2. The molecule has 0 bridgehead atoms. The number of urea groups is 1. The van der Waals surface area contributed by atoms with Gasteiger partial charge >= 0.3 is 12.0 Å². The van der Waals surface area contributed by atoms with Crippen molar-refractivity contribution >= 4 is 36.0 Å². The predicted octanol–water partition coefficient (Wildman–Crippen LogP) is 4.41. The number of nitrogens with one attached hydrogen (secondary N) is 1. The van der Waals surface area contributed by atoms with Crippen LogP contribution in [0.3, 0.4) is 0 Å². The quantitative estimate of drug-likeness (QED) is 0.348. The number of carboxylic acid groups (broad SMARTS) is 1. The fraction of sp³-hybridized carbons (Fsp3) is 0.379. The van der Waals surface area contributed by atoms with Crippen molar-refractivity contribution in [3.63, 3.8) is 0 Å². The fourth-order valence-electron chi connectivity index (χ4n) is 4.27. The molecule has 0 aromatic heterocycles. The summed E-state index contributed by atoms with van der Waals surface area (Å²) in [4.78, 5) is 53.2. The Labute approximate surface area is 218 Å². The summed E-state index contributed by atoms with van der Waals surface area (Å²) in [5, 5.41) is 11.4. The number of imide groups is 1. The van der Waals surface area contributed by atoms with Gasteiger partial charge in [0.1, 0.15) is 11.6 Å². The molecule has 1 aliphatic heterocycles. The topological polar surface area (TPSA) is 107 Å². The average molecular weight is 506 g/mol. The summed E-state index contributed by atoms with van der Waals surface area (Å²) < 4.78 is 0. The Hall–Kier alpha value is -3.94. The van der Waals surface area contributed by atoms with Gasteiger partial charge in [0.15, 0.2) is 0 Å². The average Bonchev–Trinajstić information content (AvgIpc) is 3.01. The molecule has 1 atom stereocenters. The van der Waals surface area contributed by atoms with Gasteiger partial charge in [0.05, 0.1) is 6.42 Å². The van der Waals surface area contributed by atoms with Gasteiger partial charge < -0.3 is 15.3 Å². The molecule has 2 N–H and O–H groups in total. The molecule has 2 aromatic carbocycles. The molecule has 0 unspecified atom stereocenters. The third-order valence-electron chi connectivity index (χ3n) is 6.39. The highest BCUT2D eigenvalue weighted by Gasteiger charge is 2.54. The number of hydrogen-bond acceptors (Lipinski definition) is 4. The molecule has 0 spiro atoms. The minimum Gasteiger partial charge on any atom is -0.481 e. The number of rotatable bonds is 11. The van der Waals surface area contributed by atoms with Crippen molar-refractivity contribution in [3.8, 4) is 0 Å². The van der Waals surface area contributed by atoms with Crippen LogP contribution >= 0.6 is 0 Å². The van der Waals surface area contributed by atoms with Gasteiger partial charge in [0.25, 0.3) is 5.91 Å². The minimum absolute atomic E-state index is 0.0319. The van der Waals surface area contributed by atoms with Gasteiger partial charge in [-0.3, -0.25) is 14.4 Å². The zero-order chi connectivity index (χ0) is 27.2. The molecule has 8 nitrogen and oxygen atoms in total. The van der Waals surface area contributed by atoms with Crippen LogP contribution in [0, 0.1) is 5.92 Å². The predicted molar refractivity (Wildman–Crippen MR) is 142 cm³/mol. The number of carbonyl (C=O) groups is 4. The van der Waals surface area contributed by atoms with E-state index in [9.17, 15) is 19.2 Å². The second-order valence-corrected chi connectivity index (χ2v) is 10.2.